The van der Waals surface area contributed by atoms with Gasteiger partial charge < -0.3 is 9.64 Å². The summed E-state index contributed by atoms with van der Waals surface area (Å²) in [5.74, 6) is 0. The lowest BCUT2D eigenvalue weighted by atomic mass is 10.2. The average molecular weight is 183 g/mol. The Morgan fingerprint density at radius 3 is 3.25 bits per heavy atom. The largest absolute Gasteiger partial charge is 0.377 e. The molecule has 0 N–H and O–H groups in total. The van der Waals surface area contributed by atoms with Crippen molar-refractivity contribution in [1.82, 2.24) is 0 Å². The fourth-order valence-electron chi connectivity index (χ4n) is 1.53. The monoisotopic (exact) mass is 183 g/mol. The van der Waals surface area contributed by atoms with Crippen LogP contribution in [0.4, 0.5) is 5.69 Å². The van der Waals surface area contributed by atoms with Crippen LogP contribution in [0.5, 0.6) is 0 Å². The molecule has 0 amide bonds. The van der Waals surface area contributed by atoms with Gasteiger partial charge in [0.1, 0.15) is 0 Å². The summed E-state index contributed by atoms with van der Waals surface area (Å²) in [6.07, 6.45) is 0. The number of ether oxygens (including phenoxy) is 1. The van der Waals surface area contributed by atoms with Gasteiger partial charge in [0.25, 0.3) is 0 Å². The topological polar surface area (TPSA) is 12.5 Å². The first-order valence-corrected chi connectivity index (χ1v) is 5.19. The van der Waals surface area contributed by atoms with Crippen LogP contribution in [-0.2, 0) is 4.74 Å². The van der Waals surface area contributed by atoms with Crippen LogP contribution < -0.4 is 4.90 Å². The third kappa shape index (κ3) is 1.47. The zero-order chi connectivity index (χ0) is 8.39. The third-order valence-electron chi connectivity index (χ3n) is 2.21. The van der Waals surface area contributed by atoms with Crippen molar-refractivity contribution in [3.63, 3.8) is 0 Å². The molecule has 2 heterocycles. The molecule has 1 unspecified atom stereocenters. The van der Waals surface area contributed by atoms with Gasteiger partial charge >= 0.3 is 0 Å². The summed E-state index contributed by atoms with van der Waals surface area (Å²) in [6.45, 7) is 4.95. The number of morpholine rings is 1. The number of rotatable bonds is 1. The minimum absolute atomic E-state index is 0.522. The van der Waals surface area contributed by atoms with Crippen molar-refractivity contribution < 1.29 is 4.74 Å². The molecule has 1 aliphatic heterocycles. The van der Waals surface area contributed by atoms with E-state index in [2.05, 4.69) is 28.7 Å². The van der Waals surface area contributed by atoms with Crippen LogP contribution in [-0.4, -0.2) is 25.8 Å². The quantitative estimate of drug-likeness (QED) is 0.660. The number of hydrogen-bond donors (Lipinski definition) is 0. The number of thiophene rings is 1. The summed E-state index contributed by atoms with van der Waals surface area (Å²) in [5.41, 5.74) is 1.34. The third-order valence-corrected chi connectivity index (χ3v) is 2.88. The van der Waals surface area contributed by atoms with E-state index in [-0.39, 0.29) is 0 Å². The van der Waals surface area contributed by atoms with E-state index in [4.69, 9.17) is 4.74 Å². The molecule has 3 heteroatoms. The second kappa shape index (κ2) is 3.46. The molecule has 1 fully saturated rings. The van der Waals surface area contributed by atoms with Crippen molar-refractivity contribution in [2.24, 2.45) is 0 Å². The lowest BCUT2D eigenvalue weighted by molar-refractivity contribution is 0.0990. The molecule has 0 aliphatic carbocycles. The maximum atomic E-state index is 5.37. The second-order valence-electron chi connectivity index (χ2n) is 3.10. The van der Waals surface area contributed by atoms with Gasteiger partial charge in [-0.2, -0.15) is 11.3 Å². The molecule has 1 aromatic rings. The first-order valence-electron chi connectivity index (χ1n) is 4.24. The average Bonchev–Trinajstić information content (AvgIpc) is 2.57. The summed E-state index contributed by atoms with van der Waals surface area (Å²) in [6, 6.07) is 2.69. The maximum absolute atomic E-state index is 5.37. The van der Waals surface area contributed by atoms with E-state index in [1.165, 1.54) is 5.69 Å². The predicted molar refractivity (Wildman–Crippen MR) is 51.9 cm³/mol. The Labute approximate surface area is 76.8 Å². The molecule has 0 bridgehead atoms. The number of hydrogen-bond acceptors (Lipinski definition) is 3. The molecule has 1 aliphatic rings. The molecular weight excluding hydrogens is 170 g/mol. The molecule has 1 atom stereocenters. The van der Waals surface area contributed by atoms with Gasteiger partial charge in [0.2, 0.25) is 0 Å². The van der Waals surface area contributed by atoms with Gasteiger partial charge in [0.15, 0.2) is 0 Å². The van der Waals surface area contributed by atoms with E-state index in [1.807, 2.05) is 0 Å². The van der Waals surface area contributed by atoms with Gasteiger partial charge in [-0.15, -0.1) is 0 Å². The summed E-state index contributed by atoms with van der Waals surface area (Å²) in [7, 11) is 0. The molecule has 12 heavy (non-hydrogen) atoms. The highest BCUT2D eigenvalue weighted by molar-refractivity contribution is 7.08. The van der Waals surface area contributed by atoms with E-state index in [0.717, 1.165) is 19.8 Å². The smallest absolute Gasteiger partial charge is 0.0668 e. The normalized spacial score (nSPS) is 24.4. The summed E-state index contributed by atoms with van der Waals surface area (Å²) in [5, 5.41) is 4.32. The summed E-state index contributed by atoms with van der Waals surface area (Å²) < 4.78 is 5.37. The standard InChI is InChI=1S/C9H13NOS/c1-8-6-11-4-3-10(8)9-2-5-12-7-9/h2,5,7-8H,3-4,6H2,1H3. The highest BCUT2D eigenvalue weighted by Crippen LogP contribution is 2.21. The fraction of sp³-hybridized carbons (Fsp3) is 0.556. The van der Waals surface area contributed by atoms with Crippen molar-refractivity contribution in [2.75, 3.05) is 24.7 Å². The van der Waals surface area contributed by atoms with Crippen molar-refractivity contribution in [1.29, 1.82) is 0 Å². The van der Waals surface area contributed by atoms with Gasteiger partial charge in [-0.1, -0.05) is 0 Å². The first kappa shape index (κ1) is 8.08. The Morgan fingerprint density at radius 1 is 1.67 bits per heavy atom. The predicted octanol–water partition coefficient (Wildman–Crippen LogP) is 1.97. The zero-order valence-electron chi connectivity index (χ0n) is 7.19. The lowest BCUT2D eigenvalue weighted by Crippen LogP contribution is -2.43. The minimum atomic E-state index is 0.522. The molecule has 0 saturated carbocycles. The highest BCUT2D eigenvalue weighted by Gasteiger charge is 2.18. The molecule has 2 rings (SSSR count). The van der Waals surface area contributed by atoms with Gasteiger partial charge in [-0.25, -0.2) is 0 Å². The van der Waals surface area contributed by atoms with Crippen molar-refractivity contribution in [3.8, 4) is 0 Å². The first-order chi connectivity index (χ1) is 5.88. The number of anilines is 1. The van der Waals surface area contributed by atoms with E-state index < -0.39 is 0 Å². The van der Waals surface area contributed by atoms with E-state index in [1.54, 1.807) is 11.3 Å². The fourth-order valence-corrected chi connectivity index (χ4v) is 2.18. The Bertz CT molecular complexity index is 235. The van der Waals surface area contributed by atoms with Crippen LogP contribution in [0.1, 0.15) is 6.92 Å². The summed E-state index contributed by atoms with van der Waals surface area (Å²) in [4.78, 5) is 2.40. The molecule has 0 spiro atoms. The van der Waals surface area contributed by atoms with Crippen LogP contribution >= 0.6 is 11.3 Å². The molecule has 1 saturated heterocycles. The molecule has 1 aromatic heterocycles. The van der Waals surface area contributed by atoms with Gasteiger partial charge in [-0.3, -0.25) is 0 Å². The van der Waals surface area contributed by atoms with Crippen LogP contribution in [0.2, 0.25) is 0 Å². The van der Waals surface area contributed by atoms with E-state index in [0.29, 0.717) is 6.04 Å². The molecule has 0 radical (unpaired) electrons. The van der Waals surface area contributed by atoms with Crippen molar-refractivity contribution >= 4 is 17.0 Å². The Hall–Kier alpha value is -0.540. The highest BCUT2D eigenvalue weighted by atomic mass is 32.1. The Balaban J connectivity index is 2.11. The van der Waals surface area contributed by atoms with Gasteiger partial charge in [-0.05, 0) is 18.4 Å². The number of nitrogens with zero attached hydrogens (tertiary/aromatic N) is 1. The lowest BCUT2D eigenvalue weighted by Gasteiger charge is -2.34. The van der Waals surface area contributed by atoms with Crippen LogP contribution in [0.25, 0.3) is 0 Å². The molecule has 66 valence electrons. The molecular formula is C9H13NOS. The van der Waals surface area contributed by atoms with Crippen molar-refractivity contribution in [3.05, 3.63) is 16.8 Å². The minimum Gasteiger partial charge on any atom is -0.377 e. The maximum Gasteiger partial charge on any atom is 0.0668 e. The summed E-state index contributed by atoms with van der Waals surface area (Å²) >= 11 is 1.75. The van der Waals surface area contributed by atoms with E-state index in [9.17, 15) is 0 Å². The zero-order valence-corrected chi connectivity index (χ0v) is 8.01. The van der Waals surface area contributed by atoms with Gasteiger partial charge in [0, 0.05) is 23.7 Å². The van der Waals surface area contributed by atoms with E-state index >= 15 is 0 Å². The SMILES string of the molecule is CC1COCCN1c1ccsc1. The van der Waals surface area contributed by atoms with Crippen LogP contribution in [0.3, 0.4) is 0 Å². The van der Waals surface area contributed by atoms with Gasteiger partial charge in [0.05, 0.1) is 13.2 Å². The van der Waals surface area contributed by atoms with Crippen LogP contribution in [0.15, 0.2) is 16.8 Å². The second-order valence-corrected chi connectivity index (χ2v) is 3.88. The van der Waals surface area contributed by atoms with Crippen LogP contribution in [0, 0.1) is 0 Å². The van der Waals surface area contributed by atoms with Crippen molar-refractivity contribution in [2.45, 2.75) is 13.0 Å². The Morgan fingerprint density at radius 2 is 2.58 bits per heavy atom. The Kier molecular flexibility index (Phi) is 2.33. The molecule has 0 aromatic carbocycles. The molecule has 2 nitrogen and oxygen atoms in total.